The lowest BCUT2D eigenvalue weighted by Crippen LogP contribution is -2.27. The lowest BCUT2D eigenvalue weighted by atomic mass is 10.1. The number of aryl methyl sites for hydroxylation is 1. The number of nitrogens with two attached hydrogens (primary N) is 1. The molecule has 0 aromatic carbocycles. The van der Waals surface area contributed by atoms with Gasteiger partial charge < -0.3 is 10.6 Å². The minimum atomic E-state index is -0.0806. The van der Waals surface area contributed by atoms with Gasteiger partial charge in [-0.25, -0.2) is 4.98 Å². The number of hydrogen-bond acceptors (Lipinski definition) is 4. The number of fused-ring (bicyclic) bond motifs is 1. The Bertz CT molecular complexity index is 660. The monoisotopic (exact) mass is 275 g/mol. The molecule has 0 aliphatic rings. The second-order valence-electron chi connectivity index (χ2n) is 4.77. The van der Waals surface area contributed by atoms with Gasteiger partial charge in [-0.3, -0.25) is 4.79 Å². The van der Waals surface area contributed by atoms with Crippen LogP contribution in [0.2, 0.25) is 0 Å². The zero-order valence-electron chi connectivity index (χ0n) is 11.4. The van der Waals surface area contributed by atoms with Gasteiger partial charge in [0.1, 0.15) is 9.71 Å². The van der Waals surface area contributed by atoms with Gasteiger partial charge in [0.05, 0.1) is 5.69 Å². The van der Waals surface area contributed by atoms with E-state index in [0.29, 0.717) is 17.1 Å². The maximum absolute atomic E-state index is 12.4. The molecule has 2 aromatic rings. The minimum absolute atomic E-state index is 0.0806. The molecule has 100 valence electrons. The van der Waals surface area contributed by atoms with E-state index in [-0.39, 0.29) is 5.91 Å². The Labute approximate surface area is 116 Å². The van der Waals surface area contributed by atoms with Gasteiger partial charge in [0.25, 0.3) is 5.91 Å². The molecular formula is C14H17N3OS. The first-order valence-corrected chi connectivity index (χ1v) is 6.77. The maximum Gasteiger partial charge on any atom is 0.266 e. The van der Waals surface area contributed by atoms with Crippen molar-refractivity contribution in [1.82, 2.24) is 9.88 Å². The fourth-order valence-corrected chi connectivity index (χ4v) is 3.15. The standard InChI is InChI=1S/C14H17N3OS/c1-8(2)7-17(4)14(18)12-11(15)10-9(3)5-6-16-13(10)19-12/h5-6H,1,7,15H2,2-4H3. The average Bonchev–Trinajstić information content (AvgIpc) is 2.66. The minimum Gasteiger partial charge on any atom is -0.397 e. The van der Waals surface area contributed by atoms with Crippen LogP contribution in [-0.4, -0.2) is 29.4 Å². The Kier molecular flexibility index (Phi) is 3.57. The number of carbonyl (C=O) groups is 1. The number of anilines is 1. The highest BCUT2D eigenvalue weighted by Gasteiger charge is 2.21. The van der Waals surface area contributed by atoms with Crippen LogP contribution < -0.4 is 5.73 Å². The molecule has 0 spiro atoms. The third-order valence-corrected chi connectivity index (χ3v) is 3.99. The van der Waals surface area contributed by atoms with Gasteiger partial charge in [0.15, 0.2) is 0 Å². The SMILES string of the molecule is C=C(C)CN(C)C(=O)c1sc2nccc(C)c2c1N. The first-order chi connectivity index (χ1) is 8.91. The summed E-state index contributed by atoms with van der Waals surface area (Å²) in [5, 5.41) is 0.888. The van der Waals surface area contributed by atoms with Gasteiger partial charge in [-0.05, 0) is 25.5 Å². The van der Waals surface area contributed by atoms with E-state index in [2.05, 4.69) is 11.6 Å². The summed E-state index contributed by atoms with van der Waals surface area (Å²) in [6, 6.07) is 1.90. The number of nitrogen functional groups attached to an aromatic ring is 1. The smallest absolute Gasteiger partial charge is 0.266 e. The first-order valence-electron chi connectivity index (χ1n) is 5.95. The summed E-state index contributed by atoms with van der Waals surface area (Å²) in [5.74, 6) is -0.0806. The van der Waals surface area contributed by atoms with Gasteiger partial charge >= 0.3 is 0 Å². The molecule has 0 aliphatic heterocycles. The summed E-state index contributed by atoms with van der Waals surface area (Å²) >= 11 is 1.34. The molecule has 19 heavy (non-hydrogen) atoms. The van der Waals surface area contributed by atoms with Crippen LogP contribution in [0.15, 0.2) is 24.4 Å². The molecule has 0 atom stereocenters. The van der Waals surface area contributed by atoms with Crippen molar-refractivity contribution in [2.45, 2.75) is 13.8 Å². The second-order valence-corrected chi connectivity index (χ2v) is 5.77. The largest absolute Gasteiger partial charge is 0.397 e. The molecular weight excluding hydrogens is 258 g/mol. The van der Waals surface area contributed by atoms with Crippen molar-refractivity contribution in [2.24, 2.45) is 0 Å². The Morgan fingerprint density at radius 1 is 1.58 bits per heavy atom. The Hall–Kier alpha value is -1.88. The summed E-state index contributed by atoms with van der Waals surface area (Å²) in [7, 11) is 1.75. The van der Waals surface area contributed by atoms with Crippen LogP contribution in [-0.2, 0) is 0 Å². The zero-order chi connectivity index (χ0) is 14.2. The Morgan fingerprint density at radius 3 is 2.84 bits per heavy atom. The molecule has 1 amide bonds. The van der Waals surface area contributed by atoms with Crippen LogP contribution >= 0.6 is 11.3 Å². The van der Waals surface area contributed by atoms with Crippen molar-refractivity contribution in [3.8, 4) is 0 Å². The molecule has 2 N–H and O–H groups in total. The highest BCUT2D eigenvalue weighted by molar-refractivity contribution is 7.21. The summed E-state index contributed by atoms with van der Waals surface area (Å²) in [6.45, 7) is 8.21. The first kappa shape index (κ1) is 13.5. The average molecular weight is 275 g/mol. The Morgan fingerprint density at radius 2 is 2.26 bits per heavy atom. The fourth-order valence-electron chi connectivity index (χ4n) is 2.01. The summed E-state index contributed by atoms with van der Waals surface area (Å²) < 4.78 is 0. The normalized spacial score (nSPS) is 10.7. The predicted molar refractivity (Wildman–Crippen MR) is 80.5 cm³/mol. The molecule has 0 saturated heterocycles. The number of hydrogen-bond donors (Lipinski definition) is 1. The quantitative estimate of drug-likeness (QED) is 0.876. The van der Waals surface area contributed by atoms with E-state index in [0.717, 1.165) is 21.4 Å². The summed E-state index contributed by atoms with van der Waals surface area (Å²) in [6.07, 6.45) is 1.74. The molecule has 0 saturated carbocycles. The van der Waals surface area contributed by atoms with Crippen molar-refractivity contribution in [2.75, 3.05) is 19.3 Å². The van der Waals surface area contributed by atoms with E-state index in [4.69, 9.17) is 5.73 Å². The number of nitrogens with zero attached hydrogens (tertiary/aromatic N) is 2. The second kappa shape index (κ2) is 5.01. The van der Waals surface area contributed by atoms with E-state index in [1.807, 2.05) is 19.9 Å². The number of rotatable bonds is 3. The van der Waals surface area contributed by atoms with Gasteiger partial charge in [0, 0.05) is 25.2 Å². The predicted octanol–water partition coefficient (Wildman–Crippen LogP) is 2.84. The number of amides is 1. The molecule has 5 heteroatoms. The van der Waals surface area contributed by atoms with Crippen LogP contribution in [0, 0.1) is 6.92 Å². The highest BCUT2D eigenvalue weighted by atomic mass is 32.1. The maximum atomic E-state index is 12.4. The molecule has 0 aliphatic carbocycles. The summed E-state index contributed by atoms with van der Waals surface area (Å²) in [5.41, 5.74) is 8.62. The van der Waals surface area contributed by atoms with Crippen molar-refractivity contribution in [1.29, 1.82) is 0 Å². The number of thiophene rings is 1. The van der Waals surface area contributed by atoms with Gasteiger partial charge in [-0.1, -0.05) is 12.2 Å². The molecule has 0 radical (unpaired) electrons. The van der Waals surface area contributed by atoms with E-state index in [1.54, 1.807) is 18.1 Å². The van der Waals surface area contributed by atoms with Crippen molar-refractivity contribution < 1.29 is 4.79 Å². The topological polar surface area (TPSA) is 59.2 Å². The van der Waals surface area contributed by atoms with Crippen LogP contribution in [0.1, 0.15) is 22.2 Å². The number of carbonyl (C=O) groups excluding carboxylic acids is 1. The lowest BCUT2D eigenvalue weighted by molar-refractivity contribution is 0.0812. The third kappa shape index (κ3) is 2.46. The number of likely N-dealkylation sites (N-methyl/N-ethyl adjacent to an activating group) is 1. The lowest BCUT2D eigenvalue weighted by Gasteiger charge is -2.16. The van der Waals surface area contributed by atoms with Gasteiger partial charge in [-0.15, -0.1) is 11.3 Å². The molecule has 2 heterocycles. The van der Waals surface area contributed by atoms with Crippen LogP contribution in [0.25, 0.3) is 10.2 Å². The van der Waals surface area contributed by atoms with E-state index in [9.17, 15) is 4.79 Å². The van der Waals surface area contributed by atoms with E-state index in [1.165, 1.54) is 11.3 Å². The molecule has 2 aromatic heterocycles. The molecule has 4 nitrogen and oxygen atoms in total. The number of aromatic nitrogens is 1. The third-order valence-electron chi connectivity index (χ3n) is 2.89. The number of pyridine rings is 1. The van der Waals surface area contributed by atoms with Crippen molar-refractivity contribution in [3.05, 3.63) is 34.9 Å². The molecule has 2 rings (SSSR count). The van der Waals surface area contributed by atoms with Crippen LogP contribution in [0.4, 0.5) is 5.69 Å². The van der Waals surface area contributed by atoms with Gasteiger partial charge in [0.2, 0.25) is 0 Å². The molecule has 0 bridgehead atoms. The van der Waals surface area contributed by atoms with Crippen LogP contribution in [0.5, 0.6) is 0 Å². The Balaban J connectivity index is 2.46. The van der Waals surface area contributed by atoms with Crippen LogP contribution in [0.3, 0.4) is 0 Å². The van der Waals surface area contributed by atoms with E-state index >= 15 is 0 Å². The van der Waals surface area contributed by atoms with E-state index < -0.39 is 0 Å². The summed E-state index contributed by atoms with van der Waals surface area (Å²) in [4.78, 5) is 19.6. The van der Waals surface area contributed by atoms with Crippen molar-refractivity contribution in [3.63, 3.8) is 0 Å². The van der Waals surface area contributed by atoms with Crippen molar-refractivity contribution >= 4 is 33.1 Å². The van der Waals surface area contributed by atoms with Gasteiger partial charge in [-0.2, -0.15) is 0 Å². The fraction of sp³-hybridized carbons (Fsp3) is 0.286. The molecule has 0 fully saturated rings. The molecule has 0 unspecified atom stereocenters. The highest BCUT2D eigenvalue weighted by Crippen LogP contribution is 2.34. The zero-order valence-corrected chi connectivity index (χ0v) is 12.2.